The summed E-state index contributed by atoms with van der Waals surface area (Å²) in [6.07, 6.45) is 9.56. The van der Waals surface area contributed by atoms with Gasteiger partial charge in [-0.05, 0) is 49.9 Å². The third-order valence-electron chi connectivity index (χ3n) is 4.91. The molecule has 1 heteroatoms. The van der Waals surface area contributed by atoms with Crippen molar-refractivity contribution >= 4 is 0 Å². The van der Waals surface area contributed by atoms with Crippen LogP contribution in [0.1, 0.15) is 58.8 Å². The first kappa shape index (κ1) is 10.5. The summed E-state index contributed by atoms with van der Waals surface area (Å²) in [6, 6.07) is 0. The molecular formula is C13H25N. The zero-order chi connectivity index (χ0) is 10.2. The lowest BCUT2D eigenvalue weighted by atomic mass is 9.66. The Morgan fingerprint density at radius 1 is 1.00 bits per heavy atom. The average molecular weight is 195 g/mol. The fourth-order valence-electron chi connectivity index (χ4n) is 3.56. The van der Waals surface area contributed by atoms with Crippen LogP contribution < -0.4 is 5.73 Å². The third kappa shape index (κ3) is 1.84. The molecule has 0 saturated heterocycles. The molecule has 0 aromatic carbocycles. The minimum Gasteiger partial charge on any atom is -0.325 e. The van der Waals surface area contributed by atoms with Crippen molar-refractivity contribution < 1.29 is 0 Å². The van der Waals surface area contributed by atoms with Gasteiger partial charge < -0.3 is 5.73 Å². The molecule has 0 amide bonds. The van der Waals surface area contributed by atoms with Crippen LogP contribution in [0.3, 0.4) is 0 Å². The summed E-state index contributed by atoms with van der Waals surface area (Å²) in [5.74, 6) is 2.58. The monoisotopic (exact) mass is 195 g/mol. The molecule has 0 aromatic rings. The van der Waals surface area contributed by atoms with Crippen LogP contribution in [-0.4, -0.2) is 5.54 Å². The van der Waals surface area contributed by atoms with Gasteiger partial charge in [0.15, 0.2) is 0 Å². The van der Waals surface area contributed by atoms with Gasteiger partial charge in [-0.15, -0.1) is 0 Å². The van der Waals surface area contributed by atoms with E-state index in [1.54, 1.807) is 0 Å². The Hall–Kier alpha value is -0.0400. The third-order valence-corrected chi connectivity index (χ3v) is 4.91. The molecule has 3 atom stereocenters. The number of hydrogen-bond donors (Lipinski definition) is 1. The van der Waals surface area contributed by atoms with E-state index in [0.29, 0.717) is 0 Å². The molecule has 2 N–H and O–H groups in total. The van der Waals surface area contributed by atoms with E-state index in [-0.39, 0.29) is 5.54 Å². The molecule has 2 fully saturated rings. The lowest BCUT2D eigenvalue weighted by Gasteiger charge is -2.44. The maximum absolute atomic E-state index is 6.62. The van der Waals surface area contributed by atoms with Crippen LogP contribution in [0.25, 0.3) is 0 Å². The fraction of sp³-hybridized carbons (Fsp3) is 1.00. The molecule has 2 aliphatic rings. The van der Waals surface area contributed by atoms with E-state index < -0.39 is 0 Å². The first-order valence-corrected chi connectivity index (χ1v) is 6.41. The molecule has 0 aromatic heterocycles. The maximum Gasteiger partial charge on any atom is 0.0185 e. The highest BCUT2D eigenvalue weighted by Crippen LogP contribution is 2.44. The molecule has 2 rings (SSSR count). The highest BCUT2D eigenvalue weighted by atomic mass is 14.8. The van der Waals surface area contributed by atoms with Crippen LogP contribution in [0.5, 0.6) is 0 Å². The summed E-state index contributed by atoms with van der Waals surface area (Å²) in [4.78, 5) is 0. The quantitative estimate of drug-likeness (QED) is 0.682. The molecule has 0 spiro atoms. The fourth-order valence-corrected chi connectivity index (χ4v) is 3.56. The van der Waals surface area contributed by atoms with E-state index >= 15 is 0 Å². The van der Waals surface area contributed by atoms with E-state index in [9.17, 15) is 0 Å². The molecular weight excluding hydrogens is 170 g/mol. The van der Waals surface area contributed by atoms with Gasteiger partial charge in [-0.1, -0.05) is 26.7 Å². The Morgan fingerprint density at radius 2 is 1.64 bits per heavy atom. The number of nitrogens with two attached hydrogens (primary N) is 1. The van der Waals surface area contributed by atoms with E-state index in [4.69, 9.17) is 5.73 Å². The normalized spacial score (nSPS) is 45.6. The summed E-state index contributed by atoms with van der Waals surface area (Å²) in [7, 11) is 0. The van der Waals surface area contributed by atoms with Crippen LogP contribution in [0, 0.1) is 17.8 Å². The summed E-state index contributed by atoms with van der Waals surface area (Å²) in [6.45, 7) is 4.78. The predicted molar refractivity (Wildman–Crippen MR) is 61.1 cm³/mol. The second kappa shape index (κ2) is 3.84. The first-order chi connectivity index (χ1) is 6.62. The molecule has 14 heavy (non-hydrogen) atoms. The topological polar surface area (TPSA) is 26.0 Å². The Balaban J connectivity index is 2.01. The Morgan fingerprint density at radius 3 is 2.21 bits per heavy atom. The number of rotatable bonds is 1. The zero-order valence-electron chi connectivity index (χ0n) is 9.76. The summed E-state index contributed by atoms with van der Waals surface area (Å²) < 4.78 is 0. The number of hydrogen-bond acceptors (Lipinski definition) is 1. The van der Waals surface area contributed by atoms with Crippen LogP contribution in [0.2, 0.25) is 0 Å². The van der Waals surface area contributed by atoms with Gasteiger partial charge in [0.05, 0.1) is 0 Å². The highest BCUT2D eigenvalue weighted by molar-refractivity contribution is 4.98. The lowest BCUT2D eigenvalue weighted by Crippen LogP contribution is -2.51. The Bertz CT molecular complexity index is 195. The van der Waals surface area contributed by atoms with Crippen molar-refractivity contribution in [3.63, 3.8) is 0 Å². The van der Waals surface area contributed by atoms with E-state index in [1.165, 1.54) is 44.9 Å². The van der Waals surface area contributed by atoms with Crippen molar-refractivity contribution in [2.75, 3.05) is 0 Å². The molecule has 2 aliphatic carbocycles. The van der Waals surface area contributed by atoms with Crippen molar-refractivity contribution in [3.8, 4) is 0 Å². The van der Waals surface area contributed by atoms with Gasteiger partial charge in [-0.3, -0.25) is 0 Å². The van der Waals surface area contributed by atoms with Crippen LogP contribution in [0.15, 0.2) is 0 Å². The van der Waals surface area contributed by atoms with Crippen molar-refractivity contribution in [2.45, 2.75) is 64.3 Å². The lowest BCUT2D eigenvalue weighted by molar-refractivity contribution is 0.123. The van der Waals surface area contributed by atoms with Crippen molar-refractivity contribution in [3.05, 3.63) is 0 Å². The summed E-state index contributed by atoms with van der Waals surface area (Å²) in [5.41, 5.74) is 6.83. The van der Waals surface area contributed by atoms with E-state index in [0.717, 1.165) is 17.8 Å². The van der Waals surface area contributed by atoms with Crippen LogP contribution in [-0.2, 0) is 0 Å². The molecule has 0 aliphatic heterocycles. The average Bonchev–Trinajstić information content (AvgIpc) is 2.65. The van der Waals surface area contributed by atoms with Gasteiger partial charge in [-0.25, -0.2) is 0 Å². The van der Waals surface area contributed by atoms with Crippen molar-refractivity contribution in [2.24, 2.45) is 23.5 Å². The van der Waals surface area contributed by atoms with Gasteiger partial charge in [-0.2, -0.15) is 0 Å². The second-order valence-electron chi connectivity index (χ2n) is 5.91. The molecule has 0 heterocycles. The van der Waals surface area contributed by atoms with Gasteiger partial charge in [0.1, 0.15) is 0 Å². The molecule has 0 radical (unpaired) electrons. The standard InChI is InChI=1S/C13H25N/c1-10-7-8-13(14,9-11(10)2)12-5-3-4-6-12/h10-12H,3-9,14H2,1-2H3. The minimum atomic E-state index is 0.211. The Kier molecular flexibility index (Phi) is 2.88. The molecule has 2 saturated carbocycles. The molecule has 0 bridgehead atoms. The van der Waals surface area contributed by atoms with Gasteiger partial charge in [0.25, 0.3) is 0 Å². The van der Waals surface area contributed by atoms with E-state index in [1.807, 2.05) is 0 Å². The largest absolute Gasteiger partial charge is 0.325 e. The smallest absolute Gasteiger partial charge is 0.0185 e. The molecule has 1 nitrogen and oxygen atoms in total. The first-order valence-electron chi connectivity index (χ1n) is 6.41. The van der Waals surface area contributed by atoms with Crippen LogP contribution in [0.4, 0.5) is 0 Å². The minimum absolute atomic E-state index is 0.211. The highest BCUT2D eigenvalue weighted by Gasteiger charge is 2.41. The summed E-state index contributed by atoms with van der Waals surface area (Å²) in [5, 5.41) is 0. The van der Waals surface area contributed by atoms with E-state index in [2.05, 4.69) is 13.8 Å². The zero-order valence-corrected chi connectivity index (χ0v) is 9.76. The van der Waals surface area contributed by atoms with Crippen LogP contribution >= 0.6 is 0 Å². The van der Waals surface area contributed by atoms with Crippen molar-refractivity contribution in [1.29, 1.82) is 0 Å². The molecule has 82 valence electrons. The second-order valence-corrected chi connectivity index (χ2v) is 5.91. The predicted octanol–water partition coefficient (Wildman–Crippen LogP) is 3.33. The van der Waals surface area contributed by atoms with Gasteiger partial charge in [0, 0.05) is 5.54 Å². The maximum atomic E-state index is 6.62. The SMILES string of the molecule is CC1CCC(N)(C2CCCC2)CC1C. The van der Waals surface area contributed by atoms with Crippen molar-refractivity contribution in [1.82, 2.24) is 0 Å². The van der Waals surface area contributed by atoms with Gasteiger partial charge >= 0.3 is 0 Å². The summed E-state index contributed by atoms with van der Waals surface area (Å²) >= 11 is 0. The molecule has 3 unspecified atom stereocenters. The van der Waals surface area contributed by atoms with Gasteiger partial charge in [0.2, 0.25) is 0 Å². The Labute approximate surface area is 88.4 Å².